The zero-order valence-electron chi connectivity index (χ0n) is 18.0. The highest BCUT2D eigenvalue weighted by Crippen LogP contribution is 2.42. The van der Waals surface area contributed by atoms with Crippen LogP contribution in [0, 0.1) is 19.7 Å². The molecule has 5 heteroatoms. The third-order valence-electron chi connectivity index (χ3n) is 5.66. The number of benzene rings is 3. The SMILES string of the molecule is Cc1cc(C)cc(N2C(=O)C(O)=C(C(=O)CCc3ccccc3)C2c2ccc(F)cc2)c1. The van der Waals surface area contributed by atoms with Crippen molar-refractivity contribution in [2.75, 3.05) is 4.90 Å². The molecule has 3 aromatic rings. The van der Waals surface area contributed by atoms with Gasteiger partial charge in [-0.2, -0.15) is 0 Å². The van der Waals surface area contributed by atoms with Crippen molar-refractivity contribution in [3.05, 3.63) is 112 Å². The number of carbonyl (C=O) groups is 2. The summed E-state index contributed by atoms with van der Waals surface area (Å²) >= 11 is 0. The second-order valence-corrected chi connectivity index (χ2v) is 8.15. The predicted octanol–water partition coefficient (Wildman–Crippen LogP) is 5.54. The normalized spacial score (nSPS) is 16.0. The van der Waals surface area contributed by atoms with Crippen molar-refractivity contribution in [3.63, 3.8) is 0 Å². The van der Waals surface area contributed by atoms with Gasteiger partial charge in [0.15, 0.2) is 11.5 Å². The lowest BCUT2D eigenvalue weighted by Gasteiger charge is -2.27. The van der Waals surface area contributed by atoms with Crippen LogP contribution in [-0.4, -0.2) is 16.8 Å². The van der Waals surface area contributed by atoms with Gasteiger partial charge in [0.25, 0.3) is 5.91 Å². The van der Waals surface area contributed by atoms with Gasteiger partial charge in [-0.25, -0.2) is 4.39 Å². The molecule has 0 fully saturated rings. The van der Waals surface area contributed by atoms with Crippen molar-refractivity contribution >= 4 is 17.4 Å². The maximum Gasteiger partial charge on any atom is 0.294 e. The maximum absolute atomic E-state index is 13.6. The number of carbonyl (C=O) groups excluding carboxylic acids is 2. The van der Waals surface area contributed by atoms with E-state index < -0.39 is 23.5 Å². The van der Waals surface area contributed by atoms with Crippen LogP contribution in [0.25, 0.3) is 0 Å². The first-order valence-corrected chi connectivity index (χ1v) is 10.5. The number of aryl methyl sites for hydroxylation is 3. The molecule has 0 radical (unpaired) electrons. The first-order chi connectivity index (χ1) is 15.3. The summed E-state index contributed by atoms with van der Waals surface area (Å²) in [5.41, 5.74) is 4.10. The molecule has 0 saturated heterocycles. The standard InChI is InChI=1S/C27H24FNO3/c1-17-14-18(2)16-22(15-17)29-25(20-9-11-21(28)12-10-20)24(26(31)27(29)32)23(30)13-8-19-6-4-3-5-7-19/h3-7,9-12,14-16,25,31H,8,13H2,1-2H3. The van der Waals surface area contributed by atoms with Crippen LogP contribution in [0.4, 0.5) is 10.1 Å². The minimum absolute atomic E-state index is 0.0525. The third-order valence-corrected chi connectivity index (χ3v) is 5.66. The number of anilines is 1. The van der Waals surface area contributed by atoms with Gasteiger partial charge >= 0.3 is 0 Å². The number of Topliss-reactive ketones (excluding diaryl/α,β-unsaturated/α-hetero) is 1. The van der Waals surface area contributed by atoms with E-state index in [-0.39, 0.29) is 17.8 Å². The zero-order chi connectivity index (χ0) is 22.8. The molecule has 0 saturated carbocycles. The molecule has 0 aromatic heterocycles. The molecule has 0 aliphatic carbocycles. The summed E-state index contributed by atoms with van der Waals surface area (Å²) in [6, 6.07) is 20.1. The van der Waals surface area contributed by atoms with Crippen LogP contribution in [0.15, 0.2) is 84.1 Å². The Bertz CT molecular complexity index is 1180. The highest BCUT2D eigenvalue weighted by molar-refractivity contribution is 6.16. The second kappa shape index (κ2) is 8.79. The molecule has 1 N–H and O–H groups in total. The molecule has 3 aromatic carbocycles. The van der Waals surface area contributed by atoms with E-state index in [4.69, 9.17) is 0 Å². The Kier molecular flexibility index (Phi) is 5.91. The van der Waals surface area contributed by atoms with Crippen LogP contribution in [0.2, 0.25) is 0 Å². The Balaban J connectivity index is 1.75. The van der Waals surface area contributed by atoms with Crippen molar-refractivity contribution in [2.24, 2.45) is 0 Å². The molecule has 32 heavy (non-hydrogen) atoms. The van der Waals surface area contributed by atoms with E-state index in [2.05, 4.69) is 0 Å². The smallest absolute Gasteiger partial charge is 0.294 e. The van der Waals surface area contributed by atoms with E-state index in [0.717, 1.165) is 16.7 Å². The first-order valence-electron chi connectivity index (χ1n) is 10.5. The molecule has 0 spiro atoms. The Hall–Kier alpha value is -3.73. The number of rotatable bonds is 6. The molecule has 4 nitrogen and oxygen atoms in total. The van der Waals surface area contributed by atoms with E-state index in [1.54, 1.807) is 12.1 Å². The van der Waals surface area contributed by atoms with E-state index in [1.165, 1.54) is 17.0 Å². The number of nitrogens with zero attached hydrogens (tertiary/aromatic N) is 1. The van der Waals surface area contributed by atoms with Crippen LogP contribution >= 0.6 is 0 Å². The van der Waals surface area contributed by atoms with E-state index >= 15 is 0 Å². The molecule has 4 rings (SSSR count). The van der Waals surface area contributed by atoms with E-state index in [9.17, 15) is 19.1 Å². The maximum atomic E-state index is 13.6. The van der Waals surface area contributed by atoms with Gasteiger partial charge in [0.2, 0.25) is 0 Å². The molecule has 1 aliphatic rings. The van der Waals surface area contributed by atoms with Crippen molar-refractivity contribution in [1.29, 1.82) is 0 Å². The Morgan fingerprint density at radius 2 is 1.59 bits per heavy atom. The molecular weight excluding hydrogens is 405 g/mol. The van der Waals surface area contributed by atoms with Gasteiger partial charge in [0.1, 0.15) is 5.82 Å². The monoisotopic (exact) mass is 429 g/mol. The summed E-state index contributed by atoms with van der Waals surface area (Å²) in [6.07, 6.45) is 0.638. The van der Waals surface area contributed by atoms with Crippen LogP contribution < -0.4 is 4.90 Å². The van der Waals surface area contributed by atoms with Gasteiger partial charge in [0.05, 0.1) is 11.6 Å². The quantitative estimate of drug-likeness (QED) is 0.559. The van der Waals surface area contributed by atoms with Gasteiger partial charge in [-0.1, -0.05) is 48.5 Å². The van der Waals surface area contributed by atoms with E-state index in [0.29, 0.717) is 17.7 Å². The zero-order valence-corrected chi connectivity index (χ0v) is 18.0. The van der Waals surface area contributed by atoms with Gasteiger partial charge in [0, 0.05) is 12.1 Å². The van der Waals surface area contributed by atoms with Crippen molar-refractivity contribution in [1.82, 2.24) is 0 Å². The Morgan fingerprint density at radius 3 is 2.22 bits per heavy atom. The molecule has 0 bridgehead atoms. The first kappa shape index (κ1) is 21.5. The minimum Gasteiger partial charge on any atom is -0.503 e. The second-order valence-electron chi connectivity index (χ2n) is 8.15. The average molecular weight is 429 g/mol. The molecule has 1 aliphatic heterocycles. The van der Waals surface area contributed by atoms with Gasteiger partial charge in [-0.3, -0.25) is 14.5 Å². The summed E-state index contributed by atoms with van der Waals surface area (Å²) < 4.78 is 13.6. The summed E-state index contributed by atoms with van der Waals surface area (Å²) in [4.78, 5) is 27.9. The summed E-state index contributed by atoms with van der Waals surface area (Å²) in [5.74, 6) is -1.90. The molecule has 1 heterocycles. The minimum atomic E-state index is -0.826. The van der Waals surface area contributed by atoms with Crippen molar-refractivity contribution < 1.29 is 19.1 Å². The number of ketones is 1. The van der Waals surface area contributed by atoms with Crippen molar-refractivity contribution in [2.45, 2.75) is 32.7 Å². The summed E-state index contributed by atoms with van der Waals surface area (Å²) in [5, 5.41) is 10.8. The third kappa shape index (κ3) is 4.19. The van der Waals surface area contributed by atoms with Gasteiger partial charge in [-0.05, 0) is 66.8 Å². The lowest BCUT2D eigenvalue weighted by molar-refractivity contribution is -0.118. The van der Waals surface area contributed by atoms with E-state index in [1.807, 2.05) is 62.4 Å². The molecule has 1 unspecified atom stereocenters. The van der Waals surface area contributed by atoms with Crippen LogP contribution in [0.1, 0.15) is 34.7 Å². The fourth-order valence-electron chi connectivity index (χ4n) is 4.24. The fraction of sp³-hybridized carbons (Fsp3) is 0.185. The lowest BCUT2D eigenvalue weighted by atomic mass is 9.93. The van der Waals surface area contributed by atoms with Gasteiger partial charge < -0.3 is 5.11 Å². The molecule has 1 atom stereocenters. The Morgan fingerprint density at radius 1 is 0.969 bits per heavy atom. The topological polar surface area (TPSA) is 57.6 Å². The molecule has 162 valence electrons. The highest BCUT2D eigenvalue weighted by atomic mass is 19.1. The molecule has 1 amide bonds. The number of aliphatic hydroxyl groups excluding tert-OH is 1. The number of amides is 1. The highest BCUT2D eigenvalue weighted by Gasteiger charge is 2.44. The van der Waals surface area contributed by atoms with Crippen LogP contribution in [0.3, 0.4) is 0 Å². The van der Waals surface area contributed by atoms with Crippen LogP contribution in [-0.2, 0) is 16.0 Å². The summed E-state index contributed by atoms with van der Waals surface area (Å²) in [6.45, 7) is 3.84. The number of aliphatic hydroxyl groups is 1. The fourth-order valence-corrected chi connectivity index (χ4v) is 4.24. The summed E-state index contributed by atoms with van der Waals surface area (Å²) in [7, 11) is 0. The average Bonchev–Trinajstić information content (AvgIpc) is 3.03. The molecular formula is C27H24FNO3. The predicted molar refractivity (Wildman–Crippen MR) is 122 cm³/mol. The van der Waals surface area contributed by atoms with Gasteiger partial charge in [-0.15, -0.1) is 0 Å². The number of hydrogen-bond donors (Lipinski definition) is 1. The number of halogens is 1. The number of hydrogen-bond acceptors (Lipinski definition) is 3. The largest absolute Gasteiger partial charge is 0.503 e. The Labute approximate surface area is 186 Å². The lowest BCUT2D eigenvalue weighted by Crippen LogP contribution is -2.31. The van der Waals surface area contributed by atoms with Crippen molar-refractivity contribution in [3.8, 4) is 0 Å². The van der Waals surface area contributed by atoms with Crippen LogP contribution in [0.5, 0.6) is 0 Å².